The minimum atomic E-state index is -0.109. The third kappa shape index (κ3) is 5.08. The number of hydrogen-bond donors (Lipinski definition) is 1. The zero-order valence-corrected chi connectivity index (χ0v) is 13.4. The van der Waals surface area contributed by atoms with Gasteiger partial charge in [-0.15, -0.1) is 0 Å². The molecule has 0 saturated heterocycles. The monoisotopic (exact) mass is 317 g/mol. The topological polar surface area (TPSA) is 38.3 Å². The van der Waals surface area contributed by atoms with Crippen molar-refractivity contribution in [3.05, 3.63) is 64.7 Å². The number of nitrogens with one attached hydrogen (secondary N) is 1. The van der Waals surface area contributed by atoms with Crippen LogP contribution in [0.3, 0.4) is 0 Å². The summed E-state index contributed by atoms with van der Waals surface area (Å²) in [5.74, 6) is 0.635. The summed E-state index contributed by atoms with van der Waals surface area (Å²) < 4.78 is 5.50. The second-order valence-electron chi connectivity index (χ2n) is 5.10. The molecule has 0 aliphatic rings. The average Bonchev–Trinajstić information content (AvgIpc) is 2.52. The van der Waals surface area contributed by atoms with Crippen LogP contribution in [0, 0.1) is 6.92 Å². The first-order chi connectivity index (χ1) is 10.7. The summed E-state index contributed by atoms with van der Waals surface area (Å²) in [6.07, 6.45) is 1.69. The van der Waals surface area contributed by atoms with Crippen LogP contribution in [-0.4, -0.2) is 19.1 Å². The zero-order valence-electron chi connectivity index (χ0n) is 12.6. The Kier molecular flexibility index (Phi) is 6.28. The Bertz CT molecular complexity index is 628. The molecule has 2 aromatic rings. The summed E-state index contributed by atoms with van der Waals surface area (Å²) in [4.78, 5) is 11.7. The lowest BCUT2D eigenvalue weighted by Gasteiger charge is -2.09. The fourth-order valence-electron chi connectivity index (χ4n) is 2.12. The van der Waals surface area contributed by atoms with Gasteiger partial charge in [0.15, 0.2) is 6.61 Å². The van der Waals surface area contributed by atoms with E-state index in [4.69, 9.17) is 16.3 Å². The van der Waals surface area contributed by atoms with E-state index in [2.05, 4.69) is 5.32 Å². The molecule has 0 atom stereocenters. The van der Waals surface area contributed by atoms with Gasteiger partial charge in [-0.1, -0.05) is 48.0 Å². The summed E-state index contributed by atoms with van der Waals surface area (Å²) in [5.41, 5.74) is 2.13. The van der Waals surface area contributed by atoms with E-state index in [9.17, 15) is 4.79 Å². The van der Waals surface area contributed by atoms with Gasteiger partial charge in [-0.3, -0.25) is 4.79 Å². The maximum absolute atomic E-state index is 11.7. The number of aryl methyl sites for hydroxylation is 2. The molecule has 2 aromatic carbocycles. The number of benzene rings is 2. The summed E-state index contributed by atoms with van der Waals surface area (Å²) in [6.45, 7) is 2.61. The fraction of sp³-hybridized carbons (Fsp3) is 0.278. The molecule has 116 valence electrons. The number of amides is 1. The molecule has 0 unspecified atom stereocenters. The lowest BCUT2D eigenvalue weighted by molar-refractivity contribution is -0.123. The predicted octanol–water partition coefficient (Wildman–Crippen LogP) is 3.78. The van der Waals surface area contributed by atoms with Crippen LogP contribution in [-0.2, 0) is 11.2 Å². The highest BCUT2D eigenvalue weighted by atomic mass is 35.5. The Morgan fingerprint density at radius 3 is 2.64 bits per heavy atom. The number of ether oxygens (including phenoxy) is 1. The van der Waals surface area contributed by atoms with Crippen LogP contribution >= 0.6 is 11.6 Å². The molecule has 0 bridgehead atoms. The molecule has 2 rings (SSSR count). The largest absolute Gasteiger partial charge is 0.484 e. The number of carbonyl (C=O) groups is 1. The summed E-state index contributed by atoms with van der Waals surface area (Å²) in [7, 11) is 0. The van der Waals surface area contributed by atoms with Gasteiger partial charge >= 0.3 is 0 Å². The van der Waals surface area contributed by atoms with Crippen molar-refractivity contribution in [1.29, 1.82) is 0 Å². The first kappa shape index (κ1) is 16.4. The van der Waals surface area contributed by atoms with Crippen molar-refractivity contribution in [2.75, 3.05) is 13.2 Å². The van der Waals surface area contributed by atoms with E-state index >= 15 is 0 Å². The quantitative estimate of drug-likeness (QED) is 0.789. The Morgan fingerprint density at radius 2 is 1.86 bits per heavy atom. The summed E-state index contributed by atoms with van der Waals surface area (Å²) in [5, 5.41) is 3.63. The van der Waals surface area contributed by atoms with E-state index < -0.39 is 0 Å². The van der Waals surface area contributed by atoms with E-state index in [0.717, 1.165) is 34.7 Å². The molecule has 3 nitrogen and oxygen atoms in total. The SMILES string of the molecule is Cc1ccccc1OCC(=O)NCCCc1ccccc1Cl. The number of carbonyl (C=O) groups excluding carboxylic acids is 1. The van der Waals surface area contributed by atoms with E-state index in [1.165, 1.54) is 0 Å². The second-order valence-corrected chi connectivity index (χ2v) is 5.51. The molecule has 0 fully saturated rings. The van der Waals surface area contributed by atoms with E-state index in [-0.39, 0.29) is 12.5 Å². The van der Waals surface area contributed by atoms with Crippen LogP contribution < -0.4 is 10.1 Å². The maximum atomic E-state index is 11.7. The minimum Gasteiger partial charge on any atom is -0.484 e. The van der Waals surface area contributed by atoms with Crippen LogP contribution in [0.15, 0.2) is 48.5 Å². The molecular weight excluding hydrogens is 298 g/mol. The van der Waals surface area contributed by atoms with Gasteiger partial charge in [0.2, 0.25) is 0 Å². The van der Waals surface area contributed by atoms with Crippen LogP contribution in [0.4, 0.5) is 0 Å². The Morgan fingerprint density at radius 1 is 1.14 bits per heavy atom. The third-order valence-corrected chi connectivity index (χ3v) is 3.72. The molecule has 0 heterocycles. The molecule has 0 aliphatic heterocycles. The molecule has 1 amide bonds. The molecule has 0 saturated carbocycles. The van der Waals surface area contributed by atoms with Gasteiger partial charge in [-0.05, 0) is 43.0 Å². The molecule has 0 radical (unpaired) electrons. The van der Waals surface area contributed by atoms with E-state index in [0.29, 0.717) is 6.54 Å². The van der Waals surface area contributed by atoms with Crippen molar-refractivity contribution < 1.29 is 9.53 Å². The second kappa shape index (κ2) is 8.44. The van der Waals surface area contributed by atoms with Crippen molar-refractivity contribution in [3.8, 4) is 5.75 Å². The minimum absolute atomic E-state index is 0.0386. The number of rotatable bonds is 7. The van der Waals surface area contributed by atoms with Gasteiger partial charge in [0.25, 0.3) is 5.91 Å². The van der Waals surface area contributed by atoms with Crippen LogP contribution in [0.1, 0.15) is 17.5 Å². The highest BCUT2D eigenvalue weighted by molar-refractivity contribution is 6.31. The number of hydrogen-bond acceptors (Lipinski definition) is 2. The predicted molar refractivity (Wildman–Crippen MR) is 89.5 cm³/mol. The molecule has 0 aromatic heterocycles. The highest BCUT2D eigenvalue weighted by Crippen LogP contribution is 2.16. The van der Waals surface area contributed by atoms with Gasteiger partial charge < -0.3 is 10.1 Å². The molecule has 22 heavy (non-hydrogen) atoms. The maximum Gasteiger partial charge on any atom is 0.257 e. The lowest BCUT2D eigenvalue weighted by atomic mass is 10.1. The van der Waals surface area contributed by atoms with Crippen molar-refractivity contribution in [2.45, 2.75) is 19.8 Å². The average molecular weight is 318 g/mol. The standard InChI is InChI=1S/C18H20ClNO2/c1-14-7-2-5-11-17(14)22-13-18(21)20-12-6-9-15-8-3-4-10-16(15)19/h2-5,7-8,10-11H,6,9,12-13H2,1H3,(H,20,21). The molecule has 4 heteroatoms. The summed E-state index contributed by atoms with van der Waals surface area (Å²) >= 11 is 6.09. The van der Waals surface area contributed by atoms with Crippen molar-refractivity contribution in [2.24, 2.45) is 0 Å². The van der Waals surface area contributed by atoms with Gasteiger partial charge in [0.1, 0.15) is 5.75 Å². The Labute approximate surface area is 136 Å². The van der Waals surface area contributed by atoms with Gasteiger partial charge in [0.05, 0.1) is 0 Å². The Balaban J connectivity index is 1.66. The highest BCUT2D eigenvalue weighted by Gasteiger charge is 2.04. The van der Waals surface area contributed by atoms with Crippen molar-refractivity contribution in [3.63, 3.8) is 0 Å². The first-order valence-corrected chi connectivity index (χ1v) is 7.73. The fourth-order valence-corrected chi connectivity index (χ4v) is 2.35. The lowest BCUT2D eigenvalue weighted by Crippen LogP contribution is -2.30. The molecule has 0 spiro atoms. The van der Waals surface area contributed by atoms with Crippen molar-refractivity contribution in [1.82, 2.24) is 5.32 Å². The molecular formula is C18H20ClNO2. The molecule has 1 N–H and O–H groups in total. The zero-order chi connectivity index (χ0) is 15.8. The number of halogens is 1. The van der Waals surface area contributed by atoms with Crippen molar-refractivity contribution >= 4 is 17.5 Å². The van der Waals surface area contributed by atoms with Gasteiger partial charge in [0, 0.05) is 11.6 Å². The van der Waals surface area contributed by atoms with Gasteiger partial charge in [-0.2, -0.15) is 0 Å². The third-order valence-electron chi connectivity index (χ3n) is 3.36. The number of para-hydroxylation sites is 1. The normalized spacial score (nSPS) is 10.3. The van der Waals surface area contributed by atoms with E-state index in [1.54, 1.807) is 0 Å². The van der Waals surface area contributed by atoms with Crippen LogP contribution in [0.2, 0.25) is 5.02 Å². The van der Waals surface area contributed by atoms with Crippen LogP contribution in [0.25, 0.3) is 0 Å². The smallest absolute Gasteiger partial charge is 0.257 e. The van der Waals surface area contributed by atoms with Gasteiger partial charge in [-0.25, -0.2) is 0 Å². The Hall–Kier alpha value is -2.00. The first-order valence-electron chi connectivity index (χ1n) is 7.35. The summed E-state index contributed by atoms with van der Waals surface area (Å²) in [6, 6.07) is 15.4. The van der Waals surface area contributed by atoms with E-state index in [1.807, 2.05) is 55.5 Å². The van der Waals surface area contributed by atoms with Crippen LogP contribution in [0.5, 0.6) is 5.75 Å². The molecule has 0 aliphatic carbocycles.